The lowest BCUT2D eigenvalue weighted by Crippen LogP contribution is -2.23. The van der Waals surface area contributed by atoms with E-state index in [9.17, 15) is 0 Å². The van der Waals surface area contributed by atoms with Crippen LogP contribution in [0, 0.1) is 0 Å². The molecule has 1 aromatic heterocycles. The highest BCUT2D eigenvalue weighted by molar-refractivity contribution is 7.79. The number of para-hydroxylation sites is 1. The number of methoxy groups -OCH3 is 1. The Morgan fingerprint density at radius 2 is 1.52 bits per heavy atom. The molecule has 0 amide bonds. The smallest absolute Gasteiger partial charge is 0.127 e. The summed E-state index contributed by atoms with van der Waals surface area (Å²) < 4.78 is 5.56. The number of pyridine rings is 1. The van der Waals surface area contributed by atoms with Crippen LogP contribution >= 0.6 is 7.92 Å². The van der Waals surface area contributed by atoms with E-state index in [0.29, 0.717) is 0 Å². The molecular formula is C18H16NOP. The van der Waals surface area contributed by atoms with E-state index in [0.717, 1.165) is 11.2 Å². The summed E-state index contributed by atoms with van der Waals surface area (Å²) in [6.45, 7) is 0. The monoisotopic (exact) mass is 293 g/mol. The minimum atomic E-state index is -0.709. The van der Waals surface area contributed by atoms with Gasteiger partial charge in [0, 0.05) is 19.4 Å². The Kier molecular flexibility index (Phi) is 4.28. The number of benzene rings is 2. The molecule has 0 saturated carbocycles. The molecule has 0 radical (unpaired) electrons. The number of hydrogen-bond donors (Lipinski definition) is 0. The lowest BCUT2D eigenvalue weighted by molar-refractivity contribution is 0.418. The first-order valence-electron chi connectivity index (χ1n) is 6.79. The molecule has 1 atom stereocenters. The second kappa shape index (κ2) is 6.51. The third kappa shape index (κ3) is 2.96. The average Bonchev–Trinajstić information content (AvgIpc) is 2.58. The molecule has 0 aliphatic carbocycles. The number of nitrogens with zero attached hydrogens (tertiary/aromatic N) is 1. The molecule has 21 heavy (non-hydrogen) atoms. The Balaban J connectivity index is 2.17. The van der Waals surface area contributed by atoms with E-state index in [1.807, 2.05) is 36.5 Å². The molecule has 0 saturated heterocycles. The first kappa shape index (κ1) is 13.8. The van der Waals surface area contributed by atoms with Crippen molar-refractivity contribution in [3.63, 3.8) is 0 Å². The lowest BCUT2D eigenvalue weighted by atomic mass is 10.3. The van der Waals surface area contributed by atoms with Gasteiger partial charge in [0.15, 0.2) is 0 Å². The van der Waals surface area contributed by atoms with Crippen LogP contribution < -0.4 is 20.8 Å². The second-order valence-electron chi connectivity index (χ2n) is 4.53. The van der Waals surface area contributed by atoms with Crippen LogP contribution in [0.2, 0.25) is 0 Å². The molecule has 0 bridgehead atoms. The highest BCUT2D eigenvalue weighted by atomic mass is 31.1. The maximum Gasteiger partial charge on any atom is 0.127 e. The van der Waals surface area contributed by atoms with E-state index in [1.165, 1.54) is 10.6 Å². The fourth-order valence-electron chi connectivity index (χ4n) is 2.27. The minimum Gasteiger partial charge on any atom is -0.496 e. The van der Waals surface area contributed by atoms with E-state index >= 15 is 0 Å². The van der Waals surface area contributed by atoms with Crippen molar-refractivity contribution in [3.05, 3.63) is 79.0 Å². The van der Waals surface area contributed by atoms with Gasteiger partial charge in [-0.3, -0.25) is 4.98 Å². The van der Waals surface area contributed by atoms with Crippen molar-refractivity contribution >= 4 is 24.0 Å². The predicted molar refractivity (Wildman–Crippen MR) is 89.5 cm³/mol. The highest BCUT2D eigenvalue weighted by Crippen LogP contribution is 2.35. The molecule has 1 heterocycles. The van der Waals surface area contributed by atoms with Gasteiger partial charge >= 0.3 is 0 Å². The van der Waals surface area contributed by atoms with Gasteiger partial charge in [0.25, 0.3) is 0 Å². The van der Waals surface area contributed by atoms with Crippen LogP contribution in [0.3, 0.4) is 0 Å². The van der Waals surface area contributed by atoms with E-state index < -0.39 is 7.92 Å². The van der Waals surface area contributed by atoms with Crippen LogP contribution in [0.4, 0.5) is 0 Å². The Bertz CT molecular complexity index is 661. The van der Waals surface area contributed by atoms with Gasteiger partial charge in [0.2, 0.25) is 0 Å². The van der Waals surface area contributed by atoms with Crippen molar-refractivity contribution in [2.45, 2.75) is 0 Å². The van der Waals surface area contributed by atoms with Crippen molar-refractivity contribution in [2.24, 2.45) is 0 Å². The fraction of sp³-hybridized carbons (Fsp3) is 0.0556. The Hall–Kier alpha value is -2.18. The summed E-state index contributed by atoms with van der Waals surface area (Å²) in [7, 11) is 1.01. The van der Waals surface area contributed by atoms with Crippen molar-refractivity contribution in [1.82, 2.24) is 4.98 Å². The van der Waals surface area contributed by atoms with Crippen LogP contribution in [-0.2, 0) is 0 Å². The van der Waals surface area contributed by atoms with Gasteiger partial charge in [-0.1, -0.05) is 54.6 Å². The summed E-state index contributed by atoms with van der Waals surface area (Å²) in [5.74, 6) is 0.915. The quantitative estimate of drug-likeness (QED) is 0.690. The van der Waals surface area contributed by atoms with Crippen molar-refractivity contribution in [1.29, 1.82) is 0 Å². The van der Waals surface area contributed by atoms with Crippen LogP contribution in [0.1, 0.15) is 0 Å². The zero-order chi connectivity index (χ0) is 14.5. The summed E-state index contributed by atoms with van der Waals surface area (Å²) in [4.78, 5) is 4.58. The molecule has 1 unspecified atom stereocenters. The summed E-state index contributed by atoms with van der Waals surface area (Å²) in [5.41, 5.74) is 1.09. The fourth-order valence-corrected chi connectivity index (χ4v) is 4.57. The Labute approximate surface area is 126 Å². The van der Waals surface area contributed by atoms with Crippen molar-refractivity contribution in [3.8, 4) is 5.75 Å². The molecule has 0 fully saturated rings. The first-order chi connectivity index (χ1) is 10.4. The van der Waals surface area contributed by atoms with Gasteiger partial charge in [-0.2, -0.15) is 0 Å². The van der Waals surface area contributed by atoms with Crippen LogP contribution in [-0.4, -0.2) is 12.1 Å². The standard InChI is InChI=1S/C18H16NOP/c1-20-16-11-5-6-12-17(16)21(15-9-3-2-4-10-15)18-13-7-8-14-19-18/h2-14H,1H3. The molecule has 0 aliphatic rings. The summed E-state index contributed by atoms with van der Waals surface area (Å²) in [5, 5.41) is 2.47. The number of aromatic nitrogens is 1. The molecule has 0 N–H and O–H groups in total. The topological polar surface area (TPSA) is 22.1 Å². The van der Waals surface area contributed by atoms with Gasteiger partial charge in [-0.05, 0) is 23.5 Å². The Morgan fingerprint density at radius 1 is 0.810 bits per heavy atom. The van der Waals surface area contributed by atoms with Gasteiger partial charge in [0.1, 0.15) is 5.75 Å². The maximum atomic E-state index is 5.56. The summed E-state index contributed by atoms with van der Waals surface area (Å²) >= 11 is 0. The molecule has 0 aliphatic heterocycles. The van der Waals surface area contributed by atoms with Gasteiger partial charge in [0.05, 0.1) is 12.5 Å². The molecule has 3 aromatic rings. The first-order valence-corrected chi connectivity index (χ1v) is 8.13. The van der Waals surface area contributed by atoms with Crippen LogP contribution in [0.15, 0.2) is 79.0 Å². The molecule has 3 heteroatoms. The zero-order valence-corrected chi connectivity index (χ0v) is 12.7. The SMILES string of the molecule is COc1ccccc1P(c1ccccc1)c1ccccn1. The molecular weight excluding hydrogens is 277 g/mol. The van der Waals surface area contributed by atoms with Gasteiger partial charge < -0.3 is 4.74 Å². The summed E-state index contributed by atoms with van der Waals surface area (Å²) in [6.07, 6.45) is 1.85. The molecule has 0 spiro atoms. The Morgan fingerprint density at radius 3 is 2.24 bits per heavy atom. The van der Waals surface area contributed by atoms with Gasteiger partial charge in [-0.15, -0.1) is 0 Å². The molecule has 104 valence electrons. The van der Waals surface area contributed by atoms with Gasteiger partial charge in [-0.25, -0.2) is 0 Å². The number of rotatable bonds is 4. The van der Waals surface area contributed by atoms with E-state index in [4.69, 9.17) is 4.74 Å². The van der Waals surface area contributed by atoms with Crippen molar-refractivity contribution in [2.75, 3.05) is 7.11 Å². The minimum absolute atomic E-state index is 0.709. The third-order valence-electron chi connectivity index (χ3n) is 3.22. The maximum absolute atomic E-state index is 5.56. The number of hydrogen-bond acceptors (Lipinski definition) is 2. The van der Waals surface area contributed by atoms with E-state index in [-0.39, 0.29) is 0 Å². The average molecular weight is 293 g/mol. The second-order valence-corrected chi connectivity index (χ2v) is 6.66. The zero-order valence-electron chi connectivity index (χ0n) is 11.8. The van der Waals surface area contributed by atoms with Crippen LogP contribution in [0.25, 0.3) is 0 Å². The number of ether oxygens (including phenoxy) is 1. The third-order valence-corrected chi connectivity index (χ3v) is 5.61. The predicted octanol–water partition coefficient (Wildman–Crippen LogP) is 2.85. The molecule has 2 aromatic carbocycles. The van der Waals surface area contributed by atoms with E-state index in [2.05, 4.69) is 47.4 Å². The lowest BCUT2D eigenvalue weighted by Gasteiger charge is -2.20. The largest absolute Gasteiger partial charge is 0.496 e. The molecule has 3 rings (SSSR count). The molecule has 2 nitrogen and oxygen atoms in total. The summed E-state index contributed by atoms with van der Waals surface area (Å²) in [6, 6.07) is 24.8. The van der Waals surface area contributed by atoms with Crippen LogP contribution in [0.5, 0.6) is 5.75 Å². The normalized spacial score (nSPS) is 11.9. The van der Waals surface area contributed by atoms with E-state index in [1.54, 1.807) is 7.11 Å². The van der Waals surface area contributed by atoms with Crippen molar-refractivity contribution < 1.29 is 4.74 Å². The highest BCUT2D eigenvalue weighted by Gasteiger charge is 2.20.